The van der Waals surface area contributed by atoms with Gasteiger partial charge in [0.1, 0.15) is 0 Å². The lowest BCUT2D eigenvalue weighted by Crippen LogP contribution is -2.18. The van der Waals surface area contributed by atoms with Crippen molar-refractivity contribution in [1.29, 1.82) is 0 Å². The lowest BCUT2D eigenvalue weighted by Gasteiger charge is -2.23. The van der Waals surface area contributed by atoms with Gasteiger partial charge in [-0.05, 0) is 37.5 Å². The number of ether oxygens (including phenoxy) is 1. The van der Waals surface area contributed by atoms with Crippen molar-refractivity contribution in [2.75, 3.05) is 6.61 Å². The smallest absolute Gasteiger partial charge is 0.150 e. The first-order valence-electron chi connectivity index (χ1n) is 5.94. The Hall–Kier alpha value is -1.79. The van der Waals surface area contributed by atoms with Crippen LogP contribution in [0.1, 0.15) is 31.1 Å². The van der Waals surface area contributed by atoms with E-state index in [-0.39, 0.29) is 6.23 Å². The van der Waals surface area contributed by atoms with Crippen LogP contribution in [0.2, 0.25) is 0 Å². The van der Waals surface area contributed by atoms with Gasteiger partial charge in [0.25, 0.3) is 0 Å². The fourth-order valence-corrected chi connectivity index (χ4v) is 2.29. The van der Waals surface area contributed by atoms with Gasteiger partial charge in [-0.15, -0.1) is 6.42 Å². The Morgan fingerprint density at radius 2 is 2.35 bits per heavy atom. The first-order valence-corrected chi connectivity index (χ1v) is 5.94. The number of hydrogen-bond donors (Lipinski definition) is 0. The molecule has 3 heteroatoms. The van der Waals surface area contributed by atoms with Crippen LogP contribution in [0, 0.1) is 12.3 Å². The number of terminal acetylenes is 1. The quantitative estimate of drug-likeness (QED) is 0.699. The summed E-state index contributed by atoms with van der Waals surface area (Å²) in [6.07, 6.45) is 10.7. The van der Waals surface area contributed by atoms with Gasteiger partial charge in [0, 0.05) is 17.6 Å². The van der Waals surface area contributed by atoms with Crippen molar-refractivity contribution < 1.29 is 4.74 Å². The molecule has 1 aliphatic heterocycles. The van der Waals surface area contributed by atoms with Crippen molar-refractivity contribution in [2.45, 2.75) is 25.5 Å². The highest BCUT2D eigenvalue weighted by Crippen LogP contribution is 2.26. The standard InChI is InChI=1S/C14H14N2O/c1-2-11-6-7-13-12(9-11)10-15-16(13)14-5-3-4-8-17-14/h1,6-7,9-10,14H,3-5,8H2/t14-/m0/s1. The fraction of sp³-hybridized carbons (Fsp3) is 0.357. The summed E-state index contributed by atoms with van der Waals surface area (Å²) in [5.41, 5.74) is 1.98. The summed E-state index contributed by atoms with van der Waals surface area (Å²) in [6.45, 7) is 0.828. The zero-order valence-corrected chi connectivity index (χ0v) is 9.60. The predicted octanol–water partition coefficient (Wildman–Crippen LogP) is 2.72. The molecule has 0 aliphatic carbocycles. The van der Waals surface area contributed by atoms with E-state index in [2.05, 4.69) is 11.0 Å². The Bertz CT molecular complexity index is 573. The van der Waals surface area contributed by atoms with E-state index in [9.17, 15) is 0 Å². The second kappa shape index (κ2) is 4.23. The van der Waals surface area contributed by atoms with E-state index in [1.54, 1.807) is 0 Å². The second-order valence-corrected chi connectivity index (χ2v) is 4.33. The Balaban J connectivity index is 2.03. The summed E-state index contributed by atoms with van der Waals surface area (Å²) in [7, 11) is 0. The lowest BCUT2D eigenvalue weighted by atomic mass is 10.1. The zero-order valence-electron chi connectivity index (χ0n) is 9.60. The summed E-state index contributed by atoms with van der Waals surface area (Å²) >= 11 is 0. The number of rotatable bonds is 1. The summed E-state index contributed by atoms with van der Waals surface area (Å²) in [5.74, 6) is 2.64. The number of fused-ring (bicyclic) bond motifs is 1. The zero-order chi connectivity index (χ0) is 11.7. The first-order chi connectivity index (χ1) is 8.38. The Morgan fingerprint density at radius 3 is 3.12 bits per heavy atom. The molecule has 0 saturated carbocycles. The van der Waals surface area contributed by atoms with Crippen LogP contribution in [0.15, 0.2) is 24.4 Å². The van der Waals surface area contributed by atoms with Crippen molar-refractivity contribution in [3.05, 3.63) is 30.0 Å². The molecule has 0 unspecified atom stereocenters. The molecule has 17 heavy (non-hydrogen) atoms. The van der Waals surface area contributed by atoms with Crippen LogP contribution < -0.4 is 0 Å². The van der Waals surface area contributed by atoms with Crippen LogP contribution in [0.25, 0.3) is 10.9 Å². The molecule has 0 amide bonds. The van der Waals surface area contributed by atoms with Gasteiger partial charge >= 0.3 is 0 Å². The number of nitrogens with zero attached hydrogens (tertiary/aromatic N) is 2. The Labute approximate surface area is 100 Å². The van der Waals surface area contributed by atoms with Gasteiger partial charge < -0.3 is 4.74 Å². The molecule has 2 aromatic rings. The fourth-order valence-electron chi connectivity index (χ4n) is 2.29. The van der Waals surface area contributed by atoms with Crippen molar-refractivity contribution in [1.82, 2.24) is 9.78 Å². The van der Waals surface area contributed by atoms with Crippen molar-refractivity contribution in [2.24, 2.45) is 0 Å². The van der Waals surface area contributed by atoms with Gasteiger partial charge in [-0.25, -0.2) is 4.68 Å². The van der Waals surface area contributed by atoms with Crippen LogP contribution in [-0.2, 0) is 4.74 Å². The van der Waals surface area contributed by atoms with Crippen molar-refractivity contribution >= 4 is 10.9 Å². The van der Waals surface area contributed by atoms with Crippen LogP contribution in [-0.4, -0.2) is 16.4 Å². The molecule has 0 radical (unpaired) electrons. The topological polar surface area (TPSA) is 27.1 Å². The highest BCUT2D eigenvalue weighted by atomic mass is 16.5. The molecule has 1 saturated heterocycles. The summed E-state index contributed by atoms with van der Waals surface area (Å²) in [4.78, 5) is 0. The molecule has 0 N–H and O–H groups in total. The number of benzene rings is 1. The molecular weight excluding hydrogens is 212 g/mol. The van der Waals surface area contributed by atoms with Gasteiger partial charge in [-0.2, -0.15) is 5.10 Å². The van der Waals surface area contributed by atoms with Gasteiger partial charge in [0.05, 0.1) is 11.7 Å². The largest absolute Gasteiger partial charge is 0.356 e. The predicted molar refractivity (Wildman–Crippen MR) is 66.5 cm³/mol. The monoisotopic (exact) mass is 226 g/mol. The van der Waals surface area contributed by atoms with E-state index in [4.69, 9.17) is 11.2 Å². The summed E-state index contributed by atoms with van der Waals surface area (Å²) in [6, 6.07) is 5.96. The van der Waals surface area contributed by atoms with Gasteiger partial charge in [0.2, 0.25) is 0 Å². The third kappa shape index (κ3) is 1.81. The molecule has 0 bridgehead atoms. The minimum Gasteiger partial charge on any atom is -0.356 e. The van der Waals surface area contributed by atoms with E-state index >= 15 is 0 Å². The highest BCUT2D eigenvalue weighted by Gasteiger charge is 2.18. The molecule has 3 nitrogen and oxygen atoms in total. The molecule has 86 valence electrons. The maximum absolute atomic E-state index is 5.75. The van der Waals surface area contributed by atoms with Crippen LogP contribution in [0.3, 0.4) is 0 Å². The van der Waals surface area contributed by atoms with E-state index in [0.717, 1.165) is 35.9 Å². The molecular formula is C14H14N2O. The average molecular weight is 226 g/mol. The van der Waals surface area contributed by atoms with Gasteiger partial charge in [-0.1, -0.05) is 5.92 Å². The first kappa shape index (κ1) is 10.4. The minimum absolute atomic E-state index is 0.0814. The van der Waals surface area contributed by atoms with Crippen LogP contribution in [0.5, 0.6) is 0 Å². The molecule has 1 fully saturated rings. The molecule has 1 aromatic heterocycles. The maximum Gasteiger partial charge on any atom is 0.150 e. The summed E-state index contributed by atoms with van der Waals surface area (Å²) < 4.78 is 7.71. The summed E-state index contributed by atoms with van der Waals surface area (Å²) in [5, 5.41) is 5.50. The van der Waals surface area contributed by atoms with Gasteiger partial charge in [-0.3, -0.25) is 0 Å². The van der Waals surface area contributed by atoms with E-state index in [1.807, 2.05) is 29.1 Å². The number of hydrogen-bond acceptors (Lipinski definition) is 2. The Morgan fingerprint density at radius 1 is 1.41 bits per heavy atom. The third-order valence-electron chi connectivity index (χ3n) is 3.19. The average Bonchev–Trinajstić information content (AvgIpc) is 2.82. The minimum atomic E-state index is 0.0814. The van der Waals surface area contributed by atoms with E-state index in [0.29, 0.717) is 0 Å². The molecule has 1 aliphatic rings. The molecule has 3 rings (SSSR count). The highest BCUT2D eigenvalue weighted by molar-refractivity contribution is 5.80. The second-order valence-electron chi connectivity index (χ2n) is 4.33. The maximum atomic E-state index is 5.75. The van der Waals surface area contributed by atoms with E-state index in [1.165, 1.54) is 6.42 Å². The molecule has 2 heterocycles. The van der Waals surface area contributed by atoms with Crippen LogP contribution >= 0.6 is 0 Å². The molecule has 1 atom stereocenters. The van der Waals surface area contributed by atoms with E-state index < -0.39 is 0 Å². The molecule has 0 spiro atoms. The van der Waals surface area contributed by atoms with Crippen molar-refractivity contribution in [3.8, 4) is 12.3 Å². The molecule has 1 aromatic carbocycles. The lowest BCUT2D eigenvalue weighted by molar-refractivity contribution is -0.0366. The number of aromatic nitrogens is 2. The van der Waals surface area contributed by atoms with Crippen LogP contribution in [0.4, 0.5) is 0 Å². The third-order valence-corrected chi connectivity index (χ3v) is 3.19. The Kier molecular flexibility index (Phi) is 2.58. The van der Waals surface area contributed by atoms with Crippen molar-refractivity contribution in [3.63, 3.8) is 0 Å². The normalized spacial score (nSPS) is 20.3. The SMILES string of the molecule is C#Cc1ccc2c(cnn2[C@@H]2CCCCO2)c1. The van der Waals surface area contributed by atoms with Gasteiger partial charge in [0.15, 0.2) is 6.23 Å².